The van der Waals surface area contributed by atoms with Crippen molar-refractivity contribution in [3.8, 4) is 12.1 Å². The number of hydrogen-bond acceptors (Lipinski definition) is 2. The van der Waals surface area contributed by atoms with Gasteiger partial charge in [-0.05, 0) is 6.42 Å². The SMILES string of the molecule is N#CC1(C#N)CC1C(F)(F)F. The number of rotatable bonds is 0. The molecule has 0 spiro atoms. The minimum Gasteiger partial charge on any atom is -0.197 e. The van der Waals surface area contributed by atoms with Gasteiger partial charge in [-0.3, -0.25) is 0 Å². The molecule has 58 valence electrons. The molecule has 0 aromatic heterocycles. The zero-order chi connectivity index (χ0) is 8.70. The Morgan fingerprint density at radius 1 is 1.27 bits per heavy atom. The van der Waals surface area contributed by atoms with Crippen LogP contribution in [0.15, 0.2) is 0 Å². The summed E-state index contributed by atoms with van der Waals surface area (Å²) in [6.45, 7) is 0. The first-order valence-corrected chi connectivity index (χ1v) is 2.85. The molecule has 0 heterocycles. The smallest absolute Gasteiger partial charge is 0.197 e. The van der Waals surface area contributed by atoms with Gasteiger partial charge in [-0.1, -0.05) is 0 Å². The third-order valence-electron chi connectivity index (χ3n) is 1.75. The lowest BCUT2D eigenvalue weighted by atomic mass is 10.1. The van der Waals surface area contributed by atoms with Crippen molar-refractivity contribution >= 4 is 0 Å². The summed E-state index contributed by atoms with van der Waals surface area (Å²) in [7, 11) is 0. The zero-order valence-corrected chi connectivity index (χ0v) is 5.31. The Bertz CT molecular complexity index is 240. The Morgan fingerprint density at radius 2 is 1.73 bits per heavy atom. The van der Waals surface area contributed by atoms with Crippen molar-refractivity contribution in [2.45, 2.75) is 12.6 Å². The molecule has 0 N–H and O–H groups in total. The van der Waals surface area contributed by atoms with Crippen LogP contribution in [-0.2, 0) is 0 Å². The van der Waals surface area contributed by atoms with E-state index >= 15 is 0 Å². The van der Waals surface area contributed by atoms with E-state index in [1.165, 1.54) is 12.1 Å². The summed E-state index contributed by atoms with van der Waals surface area (Å²) in [6.07, 6.45) is -4.77. The van der Waals surface area contributed by atoms with Gasteiger partial charge in [0.1, 0.15) is 0 Å². The fraction of sp³-hybridized carbons (Fsp3) is 0.667. The normalized spacial score (nSPS) is 26.8. The number of nitriles is 2. The number of hydrogen-bond donors (Lipinski definition) is 0. The third kappa shape index (κ3) is 1.03. The van der Waals surface area contributed by atoms with Gasteiger partial charge >= 0.3 is 6.18 Å². The van der Waals surface area contributed by atoms with Crippen LogP contribution in [0.3, 0.4) is 0 Å². The molecule has 1 unspecified atom stereocenters. The monoisotopic (exact) mass is 160 g/mol. The van der Waals surface area contributed by atoms with Gasteiger partial charge in [0.2, 0.25) is 0 Å². The Morgan fingerprint density at radius 3 is 1.82 bits per heavy atom. The standard InChI is InChI=1S/C6H3F3N2/c7-6(8,9)4-1-5(4,2-10)3-11/h4H,1H2. The van der Waals surface area contributed by atoms with Gasteiger partial charge in [-0.15, -0.1) is 0 Å². The highest BCUT2D eigenvalue weighted by Gasteiger charge is 2.68. The molecule has 0 amide bonds. The fourth-order valence-electron chi connectivity index (χ4n) is 0.930. The van der Waals surface area contributed by atoms with Crippen molar-refractivity contribution in [1.82, 2.24) is 0 Å². The molecular formula is C6H3F3N2. The lowest BCUT2D eigenvalue weighted by Crippen LogP contribution is -2.15. The van der Waals surface area contributed by atoms with E-state index in [-0.39, 0.29) is 6.42 Å². The predicted molar refractivity (Wildman–Crippen MR) is 27.8 cm³/mol. The summed E-state index contributed by atoms with van der Waals surface area (Å²) in [6, 6.07) is 2.76. The van der Waals surface area contributed by atoms with Crippen molar-refractivity contribution < 1.29 is 13.2 Å². The molecule has 1 aliphatic carbocycles. The Kier molecular flexibility index (Phi) is 1.35. The number of alkyl halides is 3. The largest absolute Gasteiger partial charge is 0.394 e. The molecule has 1 aliphatic rings. The van der Waals surface area contributed by atoms with Crippen molar-refractivity contribution in [3.05, 3.63) is 0 Å². The van der Waals surface area contributed by atoms with Crippen molar-refractivity contribution in [3.63, 3.8) is 0 Å². The Labute approximate surface area is 60.8 Å². The molecule has 2 nitrogen and oxygen atoms in total. The summed E-state index contributed by atoms with van der Waals surface area (Å²) in [5.41, 5.74) is -1.78. The van der Waals surface area contributed by atoms with Crippen LogP contribution in [0.5, 0.6) is 0 Å². The lowest BCUT2D eigenvalue weighted by Gasteiger charge is -2.03. The molecule has 5 heteroatoms. The van der Waals surface area contributed by atoms with Crippen LogP contribution in [0, 0.1) is 34.0 Å². The van der Waals surface area contributed by atoms with Crippen LogP contribution >= 0.6 is 0 Å². The second-order valence-corrected chi connectivity index (χ2v) is 2.49. The first kappa shape index (κ1) is 7.87. The average molecular weight is 160 g/mol. The molecule has 1 saturated carbocycles. The molecule has 0 saturated heterocycles. The third-order valence-corrected chi connectivity index (χ3v) is 1.75. The van der Waals surface area contributed by atoms with Gasteiger partial charge in [-0.25, -0.2) is 0 Å². The Hall–Kier alpha value is -1.23. The molecule has 1 fully saturated rings. The van der Waals surface area contributed by atoms with Crippen molar-refractivity contribution in [2.75, 3.05) is 0 Å². The lowest BCUT2D eigenvalue weighted by molar-refractivity contribution is -0.151. The van der Waals surface area contributed by atoms with E-state index < -0.39 is 17.5 Å². The average Bonchev–Trinajstić information content (AvgIpc) is 2.61. The molecule has 0 bridgehead atoms. The summed E-state index contributed by atoms with van der Waals surface area (Å²) < 4.78 is 35.4. The topological polar surface area (TPSA) is 47.6 Å². The molecule has 11 heavy (non-hydrogen) atoms. The summed E-state index contributed by atoms with van der Waals surface area (Å²) in [5.74, 6) is -1.73. The van der Waals surface area contributed by atoms with Crippen molar-refractivity contribution in [2.24, 2.45) is 11.3 Å². The van der Waals surface area contributed by atoms with Gasteiger partial charge < -0.3 is 0 Å². The fourth-order valence-corrected chi connectivity index (χ4v) is 0.930. The quantitative estimate of drug-likeness (QED) is 0.540. The minimum atomic E-state index is -4.40. The summed E-state index contributed by atoms with van der Waals surface area (Å²) in [4.78, 5) is 0. The van der Waals surface area contributed by atoms with Crippen LogP contribution in [-0.4, -0.2) is 6.18 Å². The summed E-state index contributed by atoms with van der Waals surface area (Å²) in [5, 5.41) is 16.4. The zero-order valence-electron chi connectivity index (χ0n) is 5.31. The first-order valence-electron chi connectivity index (χ1n) is 2.85. The molecule has 0 aliphatic heterocycles. The van der Waals surface area contributed by atoms with Gasteiger partial charge in [-0.2, -0.15) is 23.7 Å². The number of nitrogens with zero attached hydrogens (tertiary/aromatic N) is 2. The molecular weight excluding hydrogens is 157 g/mol. The molecule has 1 atom stereocenters. The number of halogens is 3. The maximum atomic E-state index is 11.8. The maximum absolute atomic E-state index is 11.8. The second-order valence-electron chi connectivity index (χ2n) is 2.49. The van der Waals surface area contributed by atoms with Crippen LogP contribution in [0.1, 0.15) is 6.42 Å². The van der Waals surface area contributed by atoms with Gasteiger partial charge in [0.05, 0.1) is 18.1 Å². The van der Waals surface area contributed by atoms with Gasteiger partial charge in [0.25, 0.3) is 0 Å². The van der Waals surface area contributed by atoms with E-state index in [2.05, 4.69) is 0 Å². The van der Waals surface area contributed by atoms with Crippen LogP contribution in [0.25, 0.3) is 0 Å². The van der Waals surface area contributed by atoms with E-state index in [1.54, 1.807) is 0 Å². The van der Waals surface area contributed by atoms with E-state index in [9.17, 15) is 13.2 Å². The van der Waals surface area contributed by atoms with Gasteiger partial charge in [0.15, 0.2) is 5.41 Å². The molecule has 0 aromatic carbocycles. The van der Waals surface area contributed by atoms with E-state index in [0.717, 1.165) is 0 Å². The molecule has 1 rings (SSSR count). The highest BCUT2D eigenvalue weighted by atomic mass is 19.4. The molecule has 0 aromatic rings. The maximum Gasteiger partial charge on any atom is 0.394 e. The minimum absolute atomic E-state index is 0.372. The second kappa shape index (κ2) is 1.88. The Balaban J connectivity index is 2.78. The van der Waals surface area contributed by atoms with Crippen LogP contribution in [0.2, 0.25) is 0 Å². The predicted octanol–water partition coefficient (Wildman–Crippen LogP) is 1.60. The van der Waals surface area contributed by atoms with Crippen molar-refractivity contribution in [1.29, 1.82) is 10.5 Å². The summed E-state index contributed by atoms with van der Waals surface area (Å²) >= 11 is 0. The highest BCUT2D eigenvalue weighted by Crippen LogP contribution is 2.59. The van der Waals surface area contributed by atoms with E-state index in [0.29, 0.717) is 0 Å². The van der Waals surface area contributed by atoms with Crippen LogP contribution in [0.4, 0.5) is 13.2 Å². The van der Waals surface area contributed by atoms with Gasteiger partial charge in [0, 0.05) is 0 Å². The highest BCUT2D eigenvalue weighted by molar-refractivity contribution is 5.29. The van der Waals surface area contributed by atoms with Crippen LogP contribution < -0.4 is 0 Å². The van der Waals surface area contributed by atoms with E-state index in [4.69, 9.17) is 10.5 Å². The first-order chi connectivity index (χ1) is 4.96. The molecule has 0 radical (unpaired) electrons. The van der Waals surface area contributed by atoms with E-state index in [1.807, 2.05) is 0 Å².